The number of nitrogens with one attached hydrogen (secondary N) is 1. The van der Waals surface area contributed by atoms with Crippen molar-refractivity contribution in [2.75, 3.05) is 18.8 Å². The first-order valence-corrected chi connectivity index (χ1v) is 10.1. The van der Waals surface area contributed by atoms with Crippen LogP contribution in [0, 0.1) is 0 Å². The lowest BCUT2D eigenvalue weighted by Crippen LogP contribution is -2.35. The molecule has 25 heavy (non-hydrogen) atoms. The van der Waals surface area contributed by atoms with Crippen LogP contribution in [0.3, 0.4) is 0 Å². The lowest BCUT2D eigenvalue weighted by Gasteiger charge is -2.11. The van der Waals surface area contributed by atoms with Gasteiger partial charge in [-0.3, -0.25) is 4.79 Å². The number of ether oxygens (including phenoxy) is 1. The van der Waals surface area contributed by atoms with E-state index >= 15 is 0 Å². The van der Waals surface area contributed by atoms with E-state index in [1.54, 1.807) is 17.0 Å². The molecule has 1 atom stereocenters. The standard InChI is InChI=1S/C16H19ClN2O5S/c17-13-3-1-2-4-14(13)25(22,23)8-7-15(20)18-9-12-10-19(11-5-6-11)16(21)24-12/h1-4,11-12H,5-10H2,(H,18,20). The zero-order chi connectivity index (χ0) is 18.0. The van der Waals surface area contributed by atoms with Crippen LogP contribution in [0.1, 0.15) is 19.3 Å². The molecule has 136 valence electrons. The van der Waals surface area contributed by atoms with Crippen LogP contribution < -0.4 is 5.32 Å². The molecule has 1 aromatic carbocycles. The Hall–Kier alpha value is -1.80. The molecule has 3 rings (SSSR count). The second kappa shape index (κ2) is 7.21. The number of benzene rings is 1. The fraction of sp³-hybridized carbons (Fsp3) is 0.500. The van der Waals surface area contributed by atoms with Crippen molar-refractivity contribution >= 4 is 33.4 Å². The number of hydrogen-bond acceptors (Lipinski definition) is 5. The van der Waals surface area contributed by atoms with Crippen molar-refractivity contribution < 1.29 is 22.7 Å². The van der Waals surface area contributed by atoms with Crippen molar-refractivity contribution in [3.05, 3.63) is 29.3 Å². The number of carbonyl (C=O) groups is 2. The van der Waals surface area contributed by atoms with Gasteiger partial charge in [-0.1, -0.05) is 23.7 Å². The molecule has 1 unspecified atom stereocenters. The minimum atomic E-state index is -3.63. The van der Waals surface area contributed by atoms with Crippen molar-refractivity contribution in [3.8, 4) is 0 Å². The normalized spacial score (nSPS) is 20.4. The highest BCUT2D eigenvalue weighted by Crippen LogP contribution is 2.30. The highest BCUT2D eigenvalue weighted by atomic mass is 35.5. The molecule has 2 fully saturated rings. The molecule has 1 aliphatic carbocycles. The quantitative estimate of drug-likeness (QED) is 0.768. The highest BCUT2D eigenvalue weighted by molar-refractivity contribution is 7.91. The summed E-state index contributed by atoms with van der Waals surface area (Å²) in [5.74, 6) is -0.738. The maximum absolute atomic E-state index is 12.2. The predicted octanol–water partition coefficient (Wildman–Crippen LogP) is 1.60. The van der Waals surface area contributed by atoms with Crippen LogP contribution in [-0.2, 0) is 19.4 Å². The van der Waals surface area contributed by atoms with E-state index in [0.29, 0.717) is 6.54 Å². The van der Waals surface area contributed by atoms with E-state index in [1.165, 1.54) is 12.1 Å². The van der Waals surface area contributed by atoms with Gasteiger partial charge < -0.3 is 15.0 Å². The summed E-state index contributed by atoms with van der Waals surface area (Å²) in [6, 6.07) is 6.41. The number of carbonyl (C=O) groups excluding carboxylic acids is 2. The molecule has 0 aromatic heterocycles. The van der Waals surface area contributed by atoms with E-state index in [0.717, 1.165) is 12.8 Å². The predicted molar refractivity (Wildman–Crippen MR) is 91.1 cm³/mol. The molecule has 0 radical (unpaired) electrons. The van der Waals surface area contributed by atoms with Gasteiger partial charge in [-0.15, -0.1) is 0 Å². The molecule has 1 saturated heterocycles. The lowest BCUT2D eigenvalue weighted by molar-refractivity contribution is -0.121. The summed E-state index contributed by atoms with van der Waals surface area (Å²) in [4.78, 5) is 25.3. The molecule has 1 aliphatic heterocycles. The Kier molecular flexibility index (Phi) is 5.19. The number of amides is 2. The highest BCUT2D eigenvalue weighted by Gasteiger charge is 2.40. The third-order valence-electron chi connectivity index (χ3n) is 4.19. The molecule has 7 nitrogen and oxygen atoms in total. The van der Waals surface area contributed by atoms with Crippen LogP contribution in [0.15, 0.2) is 29.2 Å². The first-order valence-electron chi connectivity index (χ1n) is 8.08. The van der Waals surface area contributed by atoms with Crippen molar-refractivity contribution in [1.82, 2.24) is 10.2 Å². The lowest BCUT2D eigenvalue weighted by atomic mass is 10.3. The molecule has 2 amide bonds. The van der Waals surface area contributed by atoms with Crippen LogP contribution in [0.2, 0.25) is 5.02 Å². The van der Waals surface area contributed by atoms with Crippen LogP contribution in [-0.4, -0.2) is 56.3 Å². The molecule has 1 aromatic rings. The van der Waals surface area contributed by atoms with E-state index in [2.05, 4.69) is 5.32 Å². The molecule has 2 aliphatic rings. The maximum atomic E-state index is 12.2. The number of sulfone groups is 1. The molecule has 0 spiro atoms. The monoisotopic (exact) mass is 386 g/mol. The molecule has 1 N–H and O–H groups in total. The van der Waals surface area contributed by atoms with Crippen molar-refractivity contribution in [1.29, 1.82) is 0 Å². The fourth-order valence-corrected chi connectivity index (χ4v) is 4.50. The smallest absolute Gasteiger partial charge is 0.410 e. The average Bonchev–Trinajstić information content (AvgIpc) is 3.34. The van der Waals surface area contributed by atoms with Gasteiger partial charge in [0.1, 0.15) is 6.10 Å². The van der Waals surface area contributed by atoms with E-state index in [-0.39, 0.29) is 40.8 Å². The van der Waals surface area contributed by atoms with Gasteiger partial charge in [0, 0.05) is 12.5 Å². The van der Waals surface area contributed by atoms with Crippen molar-refractivity contribution in [2.24, 2.45) is 0 Å². The minimum Gasteiger partial charge on any atom is -0.442 e. The Bertz CT molecular complexity index is 778. The number of rotatable bonds is 7. The van der Waals surface area contributed by atoms with E-state index in [1.807, 2.05) is 0 Å². The number of cyclic esters (lactones) is 1. The zero-order valence-corrected chi connectivity index (χ0v) is 15.1. The third kappa shape index (κ3) is 4.43. The van der Waals surface area contributed by atoms with Crippen LogP contribution in [0.5, 0.6) is 0 Å². The number of hydrogen-bond donors (Lipinski definition) is 1. The third-order valence-corrected chi connectivity index (χ3v) is 6.40. The first-order chi connectivity index (χ1) is 11.9. The summed E-state index contributed by atoms with van der Waals surface area (Å²) in [6.07, 6.45) is 1.07. The Morgan fingerprint density at radius 2 is 2.04 bits per heavy atom. The maximum Gasteiger partial charge on any atom is 0.410 e. The van der Waals surface area contributed by atoms with Crippen molar-refractivity contribution in [3.63, 3.8) is 0 Å². The molecule has 9 heteroatoms. The van der Waals surface area contributed by atoms with Crippen molar-refractivity contribution in [2.45, 2.75) is 36.3 Å². The Balaban J connectivity index is 1.45. The number of nitrogens with zero attached hydrogens (tertiary/aromatic N) is 1. The summed E-state index contributed by atoms with van der Waals surface area (Å²) in [6.45, 7) is 0.641. The largest absolute Gasteiger partial charge is 0.442 e. The van der Waals surface area contributed by atoms with Gasteiger partial charge in [0.05, 0.1) is 28.8 Å². The molecule has 1 heterocycles. The summed E-state index contributed by atoms with van der Waals surface area (Å²) in [7, 11) is -3.63. The van der Waals surface area contributed by atoms with Gasteiger partial charge in [0.2, 0.25) is 5.91 Å². The molecule has 0 bridgehead atoms. The van der Waals surface area contributed by atoms with Gasteiger partial charge in [0.25, 0.3) is 0 Å². The molecule has 1 saturated carbocycles. The zero-order valence-electron chi connectivity index (χ0n) is 13.5. The van der Waals surface area contributed by atoms with E-state index in [4.69, 9.17) is 16.3 Å². The first kappa shape index (κ1) is 18.0. The van der Waals surface area contributed by atoms with Crippen LogP contribution in [0.4, 0.5) is 4.79 Å². The molecular formula is C16H19ClN2O5S. The second-order valence-electron chi connectivity index (χ2n) is 6.19. The summed E-state index contributed by atoms with van der Waals surface area (Å²) >= 11 is 5.90. The van der Waals surface area contributed by atoms with Gasteiger partial charge in [-0.05, 0) is 25.0 Å². The van der Waals surface area contributed by atoms with Crippen LogP contribution >= 0.6 is 11.6 Å². The van der Waals surface area contributed by atoms with Crippen LogP contribution in [0.25, 0.3) is 0 Å². The summed E-state index contributed by atoms with van der Waals surface area (Å²) in [5, 5.41) is 2.76. The SMILES string of the molecule is O=C(CCS(=O)(=O)c1ccccc1Cl)NCC1CN(C2CC2)C(=O)O1. The van der Waals surface area contributed by atoms with E-state index in [9.17, 15) is 18.0 Å². The minimum absolute atomic E-state index is 0.0225. The van der Waals surface area contributed by atoms with Gasteiger partial charge in [-0.2, -0.15) is 0 Å². The Labute approximate surface area is 151 Å². The fourth-order valence-electron chi connectivity index (χ4n) is 2.68. The Morgan fingerprint density at radius 1 is 1.32 bits per heavy atom. The van der Waals surface area contributed by atoms with Gasteiger partial charge >= 0.3 is 6.09 Å². The summed E-state index contributed by atoms with van der Waals surface area (Å²) < 4.78 is 29.7. The second-order valence-corrected chi connectivity index (χ2v) is 8.68. The average molecular weight is 387 g/mol. The topological polar surface area (TPSA) is 92.8 Å². The summed E-state index contributed by atoms with van der Waals surface area (Å²) in [5.41, 5.74) is 0. The number of halogens is 1. The molecular weight excluding hydrogens is 368 g/mol. The Morgan fingerprint density at radius 3 is 2.72 bits per heavy atom. The van der Waals surface area contributed by atoms with Gasteiger partial charge in [-0.25, -0.2) is 13.2 Å². The van der Waals surface area contributed by atoms with Gasteiger partial charge in [0.15, 0.2) is 9.84 Å². The van der Waals surface area contributed by atoms with E-state index < -0.39 is 21.8 Å².